The minimum Gasteiger partial charge on any atom is -0.486 e. The van der Waals surface area contributed by atoms with E-state index >= 15 is 0 Å². The van der Waals surface area contributed by atoms with E-state index in [-0.39, 0.29) is 0 Å². The molecule has 1 aromatic rings. The molecule has 0 saturated heterocycles. The minimum atomic E-state index is -0.416. The van der Waals surface area contributed by atoms with Gasteiger partial charge in [0.25, 0.3) is 0 Å². The molecule has 0 radical (unpaired) electrons. The molecule has 0 bridgehead atoms. The Bertz CT molecular complexity index is 416. The van der Waals surface area contributed by atoms with Gasteiger partial charge < -0.3 is 14.6 Å². The van der Waals surface area contributed by atoms with Gasteiger partial charge in [0.1, 0.15) is 13.2 Å². The number of aliphatic hydroxyl groups is 1. The number of ether oxygens (including phenoxy) is 2. The van der Waals surface area contributed by atoms with Crippen LogP contribution in [-0.2, 0) is 12.8 Å². The SMILES string of the molecule is CCc1c(CC(C)O)c(Cl)cc2c1OCCO2. The zero-order valence-electron chi connectivity index (χ0n) is 10.1. The van der Waals surface area contributed by atoms with Crippen LogP contribution in [0.5, 0.6) is 11.5 Å². The highest BCUT2D eigenvalue weighted by molar-refractivity contribution is 6.31. The molecule has 0 aliphatic carbocycles. The van der Waals surface area contributed by atoms with Crippen molar-refractivity contribution in [2.75, 3.05) is 13.2 Å². The van der Waals surface area contributed by atoms with Crippen molar-refractivity contribution in [1.82, 2.24) is 0 Å². The summed E-state index contributed by atoms with van der Waals surface area (Å²) in [4.78, 5) is 0. The Morgan fingerprint density at radius 1 is 1.35 bits per heavy atom. The van der Waals surface area contributed by atoms with Gasteiger partial charge in [-0.2, -0.15) is 0 Å². The number of hydrogen-bond donors (Lipinski definition) is 1. The van der Waals surface area contributed by atoms with Crippen LogP contribution < -0.4 is 9.47 Å². The molecule has 3 nitrogen and oxygen atoms in total. The number of aliphatic hydroxyl groups excluding tert-OH is 1. The summed E-state index contributed by atoms with van der Waals surface area (Å²) >= 11 is 6.24. The van der Waals surface area contributed by atoms with E-state index in [2.05, 4.69) is 6.92 Å². The second-order valence-electron chi connectivity index (χ2n) is 4.25. The third-order valence-electron chi connectivity index (χ3n) is 2.85. The maximum absolute atomic E-state index is 9.52. The van der Waals surface area contributed by atoms with Gasteiger partial charge >= 0.3 is 0 Å². The summed E-state index contributed by atoms with van der Waals surface area (Å²) in [6, 6.07) is 1.78. The van der Waals surface area contributed by atoms with Crippen LogP contribution in [0.2, 0.25) is 5.02 Å². The molecule has 1 unspecified atom stereocenters. The topological polar surface area (TPSA) is 38.7 Å². The van der Waals surface area contributed by atoms with E-state index < -0.39 is 6.10 Å². The van der Waals surface area contributed by atoms with Gasteiger partial charge in [0, 0.05) is 16.7 Å². The van der Waals surface area contributed by atoms with Crippen LogP contribution in [0.4, 0.5) is 0 Å². The van der Waals surface area contributed by atoms with Crippen molar-refractivity contribution >= 4 is 11.6 Å². The van der Waals surface area contributed by atoms with Crippen molar-refractivity contribution in [3.8, 4) is 11.5 Å². The summed E-state index contributed by atoms with van der Waals surface area (Å²) in [5, 5.41) is 10.2. The maximum Gasteiger partial charge on any atom is 0.164 e. The third-order valence-corrected chi connectivity index (χ3v) is 3.19. The lowest BCUT2D eigenvalue weighted by molar-refractivity contribution is 0.168. The van der Waals surface area contributed by atoms with Crippen LogP contribution >= 0.6 is 11.6 Å². The number of rotatable bonds is 3. The van der Waals surface area contributed by atoms with Crippen LogP contribution in [0, 0.1) is 0 Å². The molecule has 0 spiro atoms. The summed E-state index contributed by atoms with van der Waals surface area (Å²) in [6.07, 6.45) is 0.938. The number of hydrogen-bond acceptors (Lipinski definition) is 3. The zero-order chi connectivity index (χ0) is 12.4. The Hall–Kier alpha value is -0.930. The summed E-state index contributed by atoms with van der Waals surface area (Å²) in [6.45, 7) is 4.93. The Labute approximate surface area is 106 Å². The number of halogens is 1. The number of benzene rings is 1. The molecule has 0 saturated carbocycles. The summed E-state index contributed by atoms with van der Waals surface area (Å²) in [5.41, 5.74) is 2.02. The Balaban J connectivity index is 2.50. The lowest BCUT2D eigenvalue weighted by atomic mass is 9.98. The third kappa shape index (κ3) is 2.50. The van der Waals surface area contributed by atoms with Crippen molar-refractivity contribution in [3.63, 3.8) is 0 Å². The van der Waals surface area contributed by atoms with Gasteiger partial charge in [-0.25, -0.2) is 0 Å². The fourth-order valence-electron chi connectivity index (χ4n) is 2.15. The van der Waals surface area contributed by atoms with Crippen molar-refractivity contribution in [2.45, 2.75) is 32.8 Å². The van der Waals surface area contributed by atoms with Crippen LogP contribution in [0.15, 0.2) is 6.07 Å². The first-order valence-electron chi connectivity index (χ1n) is 5.91. The normalized spacial score (nSPS) is 15.8. The highest BCUT2D eigenvalue weighted by Gasteiger charge is 2.21. The smallest absolute Gasteiger partial charge is 0.164 e. The maximum atomic E-state index is 9.52. The molecule has 0 amide bonds. The molecule has 0 aromatic heterocycles. The summed E-state index contributed by atoms with van der Waals surface area (Å²) in [7, 11) is 0. The number of fused-ring (bicyclic) bond motifs is 1. The van der Waals surface area contributed by atoms with Crippen LogP contribution in [0.3, 0.4) is 0 Å². The molecule has 1 atom stereocenters. The van der Waals surface area contributed by atoms with Crippen molar-refractivity contribution < 1.29 is 14.6 Å². The van der Waals surface area contributed by atoms with E-state index in [4.69, 9.17) is 21.1 Å². The average molecular weight is 257 g/mol. The van der Waals surface area contributed by atoms with Crippen LogP contribution in [0.25, 0.3) is 0 Å². The molecule has 1 aromatic carbocycles. The second-order valence-corrected chi connectivity index (χ2v) is 4.65. The Morgan fingerprint density at radius 2 is 2.06 bits per heavy atom. The van der Waals surface area contributed by atoms with Gasteiger partial charge in [0.05, 0.1) is 6.10 Å². The van der Waals surface area contributed by atoms with Crippen LogP contribution in [-0.4, -0.2) is 24.4 Å². The van der Waals surface area contributed by atoms with Gasteiger partial charge in [0.15, 0.2) is 11.5 Å². The summed E-state index contributed by atoms with van der Waals surface area (Å²) in [5.74, 6) is 1.51. The monoisotopic (exact) mass is 256 g/mol. The lowest BCUT2D eigenvalue weighted by Crippen LogP contribution is -2.18. The second kappa shape index (κ2) is 5.15. The van der Waals surface area contributed by atoms with Crippen molar-refractivity contribution in [2.24, 2.45) is 0 Å². The van der Waals surface area contributed by atoms with E-state index in [1.54, 1.807) is 13.0 Å². The van der Waals surface area contributed by atoms with E-state index in [1.165, 1.54) is 0 Å². The Morgan fingerprint density at radius 3 is 2.71 bits per heavy atom. The highest BCUT2D eigenvalue weighted by Crippen LogP contribution is 2.40. The fraction of sp³-hybridized carbons (Fsp3) is 0.538. The van der Waals surface area contributed by atoms with Gasteiger partial charge in [-0.3, -0.25) is 0 Å². The molecule has 2 rings (SSSR count). The first-order chi connectivity index (χ1) is 8.13. The predicted molar refractivity (Wildman–Crippen MR) is 67.2 cm³/mol. The van der Waals surface area contributed by atoms with E-state index in [0.717, 1.165) is 23.3 Å². The van der Waals surface area contributed by atoms with Crippen LogP contribution in [0.1, 0.15) is 25.0 Å². The molecule has 1 aliphatic heterocycles. The summed E-state index contributed by atoms with van der Waals surface area (Å²) < 4.78 is 11.2. The molecule has 1 aliphatic rings. The average Bonchev–Trinajstić information content (AvgIpc) is 2.29. The van der Waals surface area contributed by atoms with Gasteiger partial charge in [-0.1, -0.05) is 18.5 Å². The van der Waals surface area contributed by atoms with E-state index in [1.807, 2.05) is 0 Å². The predicted octanol–water partition coefficient (Wildman–Crippen LogP) is 2.60. The first kappa shape index (κ1) is 12.5. The highest BCUT2D eigenvalue weighted by atomic mass is 35.5. The van der Waals surface area contributed by atoms with Gasteiger partial charge in [0.2, 0.25) is 0 Å². The largest absolute Gasteiger partial charge is 0.486 e. The fourth-order valence-corrected chi connectivity index (χ4v) is 2.44. The molecular weight excluding hydrogens is 240 g/mol. The molecule has 1 heterocycles. The lowest BCUT2D eigenvalue weighted by Gasteiger charge is -2.24. The Kier molecular flexibility index (Phi) is 3.79. The standard InChI is InChI=1S/C13H17ClO3/c1-3-9-10(6-8(2)15)11(14)7-12-13(9)17-5-4-16-12/h7-8,15H,3-6H2,1-2H3. The zero-order valence-corrected chi connectivity index (χ0v) is 10.9. The van der Waals surface area contributed by atoms with Gasteiger partial charge in [-0.05, 0) is 25.3 Å². The molecule has 94 valence electrons. The van der Waals surface area contributed by atoms with Gasteiger partial charge in [-0.15, -0.1) is 0 Å². The molecule has 0 fully saturated rings. The molecule has 4 heteroatoms. The minimum absolute atomic E-state index is 0.416. The van der Waals surface area contributed by atoms with Crippen molar-refractivity contribution in [3.05, 3.63) is 22.2 Å². The van der Waals surface area contributed by atoms with E-state index in [0.29, 0.717) is 30.4 Å². The van der Waals surface area contributed by atoms with Crippen molar-refractivity contribution in [1.29, 1.82) is 0 Å². The first-order valence-corrected chi connectivity index (χ1v) is 6.29. The quantitative estimate of drug-likeness (QED) is 0.904. The molecule has 17 heavy (non-hydrogen) atoms. The molecule has 1 N–H and O–H groups in total. The molecular formula is C13H17ClO3. The van der Waals surface area contributed by atoms with E-state index in [9.17, 15) is 5.11 Å².